The number of hydrogen-bond donors (Lipinski definition) is 1. The summed E-state index contributed by atoms with van der Waals surface area (Å²) in [6.07, 6.45) is 3.82. The molecule has 3 heterocycles. The molecule has 1 aromatic carbocycles. The molecular formula is C20H22N8O. The van der Waals surface area contributed by atoms with E-state index >= 15 is 0 Å². The zero-order chi connectivity index (χ0) is 20.2. The van der Waals surface area contributed by atoms with Crippen molar-refractivity contribution in [3.8, 4) is 6.07 Å². The number of amides is 1. The molecule has 2 aromatic heterocycles. The van der Waals surface area contributed by atoms with Crippen LogP contribution in [0.4, 0.5) is 11.5 Å². The first-order valence-electron chi connectivity index (χ1n) is 9.54. The van der Waals surface area contributed by atoms with Crippen LogP contribution in [0.25, 0.3) is 11.0 Å². The van der Waals surface area contributed by atoms with Gasteiger partial charge in [0.25, 0.3) is 0 Å². The van der Waals surface area contributed by atoms with Crippen LogP contribution in [0.5, 0.6) is 0 Å². The molecular weight excluding hydrogens is 368 g/mol. The second-order valence-electron chi connectivity index (χ2n) is 7.02. The number of piperazine rings is 1. The van der Waals surface area contributed by atoms with Crippen LogP contribution in [0.2, 0.25) is 0 Å². The molecule has 4 rings (SSSR count). The Morgan fingerprint density at radius 3 is 2.66 bits per heavy atom. The number of nitriles is 1. The number of fused-ring (bicyclic) bond motifs is 1. The molecule has 0 saturated carbocycles. The van der Waals surface area contributed by atoms with Gasteiger partial charge in [0.05, 0.1) is 23.2 Å². The van der Waals surface area contributed by atoms with Gasteiger partial charge >= 0.3 is 0 Å². The SMILES string of the molecule is Cn1ncc2c(N3CCN(CCC(=O)Nc4ccc(C#N)cc4)CC3)ncnc21. The lowest BCUT2D eigenvalue weighted by atomic mass is 10.2. The van der Waals surface area contributed by atoms with Gasteiger partial charge in [0.2, 0.25) is 5.91 Å². The summed E-state index contributed by atoms with van der Waals surface area (Å²) < 4.78 is 1.75. The Balaban J connectivity index is 1.27. The largest absolute Gasteiger partial charge is 0.353 e. The zero-order valence-corrected chi connectivity index (χ0v) is 16.2. The zero-order valence-electron chi connectivity index (χ0n) is 16.2. The minimum Gasteiger partial charge on any atom is -0.353 e. The molecule has 0 bridgehead atoms. The molecule has 29 heavy (non-hydrogen) atoms. The van der Waals surface area contributed by atoms with Crippen LogP contribution in [0.3, 0.4) is 0 Å². The molecule has 1 N–H and O–H groups in total. The molecule has 0 spiro atoms. The van der Waals surface area contributed by atoms with E-state index in [1.807, 2.05) is 13.2 Å². The maximum absolute atomic E-state index is 12.2. The first-order chi connectivity index (χ1) is 14.1. The van der Waals surface area contributed by atoms with Crippen molar-refractivity contribution in [3.63, 3.8) is 0 Å². The van der Waals surface area contributed by atoms with Crippen LogP contribution in [-0.2, 0) is 11.8 Å². The van der Waals surface area contributed by atoms with Crippen LogP contribution in [0, 0.1) is 11.3 Å². The first kappa shape index (κ1) is 18.8. The van der Waals surface area contributed by atoms with Crippen LogP contribution < -0.4 is 10.2 Å². The van der Waals surface area contributed by atoms with Gasteiger partial charge in [-0.3, -0.25) is 14.4 Å². The second-order valence-corrected chi connectivity index (χ2v) is 7.02. The van der Waals surface area contributed by atoms with Gasteiger partial charge in [0, 0.05) is 51.9 Å². The summed E-state index contributed by atoms with van der Waals surface area (Å²) in [6.45, 7) is 4.14. The number of carbonyl (C=O) groups excluding carboxylic acids is 1. The van der Waals surface area contributed by atoms with Crippen molar-refractivity contribution in [2.75, 3.05) is 42.9 Å². The van der Waals surface area contributed by atoms with Crippen LogP contribution >= 0.6 is 0 Å². The van der Waals surface area contributed by atoms with Gasteiger partial charge in [0.15, 0.2) is 5.65 Å². The van der Waals surface area contributed by atoms with E-state index in [1.54, 1.807) is 35.3 Å². The van der Waals surface area contributed by atoms with Gasteiger partial charge < -0.3 is 10.2 Å². The third kappa shape index (κ3) is 4.17. The van der Waals surface area contributed by atoms with Crippen molar-refractivity contribution < 1.29 is 4.79 Å². The second kappa shape index (κ2) is 8.24. The predicted molar refractivity (Wildman–Crippen MR) is 109 cm³/mol. The molecule has 9 nitrogen and oxygen atoms in total. The summed E-state index contributed by atoms with van der Waals surface area (Å²) in [5.41, 5.74) is 2.12. The van der Waals surface area contributed by atoms with Gasteiger partial charge in [-0.2, -0.15) is 10.4 Å². The number of aryl methyl sites for hydroxylation is 1. The third-order valence-corrected chi connectivity index (χ3v) is 5.13. The third-order valence-electron chi connectivity index (χ3n) is 5.13. The number of benzene rings is 1. The van der Waals surface area contributed by atoms with Crippen LogP contribution in [0.15, 0.2) is 36.8 Å². The lowest BCUT2D eigenvalue weighted by Gasteiger charge is -2.35. The summed E-state index contributed by atoms with van der Waals surface area (Å²) in [7, 11) is 1.87. The minimum absolute atomic E-state index is 0.0231. The Morgan fingerprint density at radius 1 is 1.17 bits per heavy atom. The number of anilines is 2. The van der Waals surface area contributed by atoms with Crippen molar-refractivity contribution in [3.05, 3.63) is 42.4 Å². The van der Waals surface area contributed by atoms with E-state index in [4.69, 9.17) is 5.26 Å². The number of hydrogen-bond acceptors (Lipinski definition) is 7. The van der Waals surface area contributed by atoms with Crippen LogP contribution in [-0.4, -0.2) is 63.3 Å². The summed E-state index contributed by atoms with van der Waals surface area (Å²) in [4.78, 5) is 25.5. The normalized spacial score (nSPS) is 14.7. The summed E-state index contributed by atoms with van der Waals surface area (Å²) >= 11 is 0. The Morgan fingerprint density at radius 2 is 1.93 bits per heavy atom. The highest BCUT2D eigenvalue weighted by atomic mass is 16.1. The van der Waals surface area contributed by atoms with E-state index < -0.39 is 0 Å². The fourth-order valence-electron chi connectivity index (χ4n) is 3.50. The smallest absolute Gasteiger partial charge is 0.225 e. The maximum atomic E-state index is 12.2. The molecule has 1 fully saturated rings. The predicted octanol–water partition coefficient (Wildman–Crippen LogP) is 1.39. The van der Waals surface area contributed by atoms with Crippen molar-refractivity contribution in [1.29, 1.82) is 5.26 Å². The van der Waals surface area contributed by atoms with Crippen LogP contribution in [0.1, 0.15) is 12.0 Å². The van der Waals surface area contributed by atoms with E-state index in [-0.39, 0.29) is 5.91 Å². The quantitative estimate of drug-likeness (QED) is 0.702. The highest BCUT2D eigenvalue weighted by molar-refractivity contribution is 5.90. The van der Waals surface area contributed by atoms with E-state index in [1.165, 1.54) is 0 Å². The average Bonchev–Trinajstić information content (AvgIpc) is 3.14. The Labute approximate surface area is 168 Å². The number of nitrogens with one attached hydrogen (secondary N) is 1. The molecule has 9 heteroatoms. The Bertz CT molecular complexity index is 1040. The topological polar surface area (TPSA) is 103 Å². The Kier molecular flexibility index (Phi) is 5.35. The van der Waals surface area contributed by atoms with E-state index in [0.717, 1.165) is 43.0 Å². The number of rotatable bonds is 5. The van der Waals surface area contributed by atoms with Crippen molar-refractivity contribution in [1.82, 2.24) is 24.6 Å². The lowest BCUT2D eigenvalue weighted by Crippen LogP contribution is -2.47. The molecule has 1 amide bonds. The molecule has 1 aliphatic rings. The molecule has 1 saturated heterocycles. The fraction of sp³-hybridized carbons (Fsp3) is 0.350. The average molecular weight is 390 g/mol. The monoisotopic (exact) mass is 390 g/mol. The first-order valence-corrected chi connectivity index (χ1v) is 9.54. The molecule has 1 aliphatic heterocycles. The molecule has 0 radical (unpaired) electrons. The summed E-state index contributed by atoms with van der Waals surface area (Å²) in [6, 6.07) is 8.95. The number of carbonyl (C=O) groups is 1. The van der Waals surface area contributed by atoms with E-state index in [0.29, 0.717) is 24.2 Å². The number of nitrogens with zero attached hydrogens (tertiary/aromatic N) is 7. The van der Waals surface area contributed by atoms with Gasteiger partial charge in [0.1, 0.15) is 12.1 Å². The van der Waals surface area contributed by atoms with Gasteiger partial charge in [-0.25, -0.2) is 9.97 Å². The van der Waals surface area contributed by atoms with Gasteiger partial charge in [-0.15, -0.1) is 0 Å². The molecule has 148 valence electrons. The standard InChI is InChI=1S/C20H22N8O/c1-26-19-17(13-24-26)20(23-14-22-19)28-10-8-27(9-11-28)7-6-18(29)25-16-4-2-15(12-21)3-5-16/h2-5,13-14H,6-11H2,1H3,(H,25,29). The summed E-state index contributed by atoms with van der Waals surface area (Å²) in [5, 5.41) is 16.9. The molecule has 0 atom stereocenters. The van der Waals surface area contributed by atoms with Gasteiger partial charge in [-0.1, -0.05) is 0 Å². The highest BCUT2D eigenvalue weighted by Gasteiger charge is 2.21. The van der Waals surface area contributed by atoms with E-state index in [9.17, 15) is 4.79 Å². The maximum Gasteiger partial charge on any atom is 0.225 e. The fourth-order valence-corrected chi connectivity index (χ4v) is 3.50. The Hall–Kier alpha value is -3.51. The van der Waals surface area contributed by atoms with Crippen molar-refractivity contribution >= 4 is 28.4 Å². The summed E-state index contributed by atoms with van der Waals surface area (Å²) in [5.74, 6) is 0.895. The number of aromatic nitrogens is 4. The van der Waals surface area contributed by atoms with Crippen molar-refractivity contribution in [2.45, 2.75) is 6.42 Å². The lowest BCUT2D eigenvalue weighted by molar-refractivity contribution is -0.116. The van der Waals surface area contributed by atoms with Crippen molar-refractivity contribution in [2.24, 2.45) is 7.05 Å². The van der Waals surface area contributed by atoms with Gasteiger partial charge in [-0.05, 0) is 24.3 Å². The highest BCUT2D eigenvalue weighted by Crippen LogP contribution is 2.23. The molecule has 0 unspecified atom stereocenters. The minimum atomic E-state index is -0.0231. The van der Waals surface area contributed by atoms with E-state index in [2.05, 4.69) is 36.3 Å². The molecule has 0 aliphatic carbocycles. The molecule has 3 aromatic rings.